The molecular weight excluding hydrogens is 929 g/mol. The topological polar surface area (TPSA) is 409 Å². The molecule has 7 rings (SSSR count). The van der Waals surface area contributed by atoms with E-state index in [1.165, 1.54) is 91.0 Å². The van der Waals surface area contributed by atoms with Crippen molar-refractivity contribution >= 4 is 65.1 Å². The summed E-state index contributed by atoms with van der Waals surface area (Å²) >= 11 is 0. The summed E-state index contributed by atoms with van der Waals surface area (Å²) in [5.74, 6) is -9.38. The van der Waals surface area contributed by atoms with Crippen molar-refractivity contribution in [3.8, 4) is 28.7 Å². The van der Waals surface area contributed by atoms with Crippen LogP contribution in [0.1, 0.15) is 64.5 Å². The summed E-state index contributed by atoms with van der Waals surface area (Å²) in [6, 6.07) is 22.5. The number of nitrogens with one attached hydrogen (secondary N) is 3. The summed E-state index contributed by atoms with van der Waals surface area (Å²) in [6.45, 7) is -1.07. The second-order valence-electron chi connectivity index (χ2n) is 14.5. The molecule has 362 valence electrons. The number of aromatic hydroxyl groups is 5. The summed E-state index contributed by atoms with van der Waals surface area (Å²) in [7, 11) is 0. The molecule has 24 nitrogen and oxygen atoms in total. The number of phenols is 5. The minimum absolute atomic E-state index is 0.000278. The Balaban J connectivity index is 0.000000207. The Morgan fingerprint density at radius 3 is 1.64 bits per heavy atom. The molecule has 0 saturated carbocycles. The minimum atomic E-state index is -2.28. The zero-order valence-corrected chi connectivity index (χ0v) is 35.7. The van der Waals surface area contributed by atoms with Crippen molar-refractivity contribution in [2.24, 2.45) is 0 Å². The van der Waals surface area contributed by atoms with Gasteiger partial charge in [0.05, 0.1) is 36.1 Å². The molecule has 6 amide bonds. The SMILES string of the molecule is O=C(O)CC1(C(=O)CN2CC(=O)NC2=O)NC(=O)NC1=O.O=C(O)Cc1ccc(O)cc1.O=C(O)c1ccc(O)cc1C(=O)c1ccc(O)cc1.O=C(O)c1cccc(O)c1C(=O)c1cccc(O)c1. The molecule has 24 heteroatoms. The third kappa shape index (κ3) is 13.7. The van der Waals surface area contributed by atoms with Gasteiger partial charge in [-0.15, -0.1) is 0 Å². The van der Waals surface area contributed by atoms with Crippen molar-refractivity contribution in [2.75, 3.05) is 13.1 Å². The van der Waals surface area contributed by atoms with E-state index in [0.29, 0.717) is 5.56 Å². The van der Waals surface area contributed by atoms with Crippen LogP contribution in [0.4, 0.5) is 9.59 Å². The average Bonchev–Trinajstić information content (AvgIpc) is 3.77. The number of rotatable bonds is 13. The first-order valence-corrected chi connectivity index (χ1v) is 19.7. The van der Waals surface area contributed by atoms with Crippen molar-refractivity contribution in [3.63, 3.8) is 0 Å². The number of Topliss-reactive ketones (excluding diaryl/α,β-unsaturated/α-hetero) is 1. The third-order valence-corrected chi connectivity index (χ3v) is 9.54. The van der Waals surface area contributed by atoms with E-state index in [9.17, 15) is 68.1 Å². The molecule has 2 aliphatic heterocycles. The van der Waals surface area contributed by atoms with Gasteiger partial charge in [-0.25, -0.2) is 19.2 Å². The van der Waals surface area contributed by atoms with Gasteiger partial charge < -0.3 is 56.2 Å². The van der Waals surface area contributed by atoms with Crippen LogP contribution < -0.4 is 16.0 Å². The number of imide groups is 2. The van der Waals surface area contributed by atoms with E-state index >= 15 is 0 Å². The van der Waals surface area contributed by atoms with Crippen LogP contribution in [0, 0.1) is 0 Å². The first kappa shape index (κ1) is 52.5. The second-order valence-corrected chi connectivity index (χ2v) is 14.5. The molecule has 1 atom stereocenters. The molecule has 12 N–H and O–H groups in total. The Morgan fingerprint density at radius 2 is 1.13 bits per heavy atom. The predicted molar refractivity (Wildman–Crippen MR) is 234 cm³/mol. The minimum Gasteiger partial charge on any atom is -0.508 e. The summed E-state index contributed by atoms with van der Waals surface area (Å²) < 4.78 is 0. The number of carboxylic acids is 4. The molecule has 1 unspecified atom stereocenters. The number of aromatic carboxylic acids is 2. The Bertz CT molecular complexity index is 2920. The number of carbonyl (C=O) groups excluding carboxylic acids is 7. The van der Waals surface area contributed by atoms with Crippen LogP contribution in [0.25, 0.3) is 0 Å². The molecule has 2 fully saturated rings. The first-order chi connectivity index (χ1) is 32.9. The first-order valence-electron chi connectivity index (χ1n) is 19.7. The number of carboxylic acid groups (broad SMARTS) is 4. The van der Waals surface area contributed by atoms with Gasteiger partial charge in [0.1, 0.15) is 35.3 Å². The number of carbonyl (C=O) groups is 11. The van der Waals surface area contributed by atoms with E-state index in [4.69, 9.17) is 30.6 Å². The lowest BCUT2D eigenvalue weighted by atomic mass is 9.89. The summed E-state index contributed by atoms with van der Waals surface area (Å²) in [5, 5.41) is 87.3. The van der Waals surface area contributed by atoms with Crippen molar-refractivity contribution in [1.29, 1.82) is 0 Å². The maximum atomic E-state index is 12.2. The Hall–Kier alpha value is -10.1. The molecule has 0 aliphatic carbocycles. The normalized spacial score (nSPS) is 14.4. The van der Waals surface area contributed by atoms with E-state index < -0.39 is 89.4 Å². The van der Waals surface area contributed by atoms with Gasteiger partial charge in [-0.3, -0.25) is 44.2 Å². The smallest absolute Gasteiger partial charge is 0.336 e. The van der Waals surface area contributed by atoms with E-state index in [2.05, 4.69) is 0 Å². The van der Waals surface area contributed by atoms with Gasteiger partial charge in [0.15, 0.2) is 22.9 Å². The van der Waals surface area contributed by atoms with Gasteiger partial charge in [0.25, 0.3) is 5.91 Å². The molecule has 2 aliphatic rings. The number of amides is 6. The molecule has 0 spiro atoms. The van der Waals surface area contributed by atoms with E-state index in [-0.39, 0.29) is 69.3 Å². The number of phenolic OH excluding ortho intramolecular Hbond substituents is 5. The Labute approximate surface area is 392 Å². The third-order valence-electron chi connectivity index (χ3n) is 9.54. The highest BCUT2D eigenvalue weighted by atomic mass is 16.4. The monoisotopic (exact) mass is 966 g/mol. The zero-order chi connectivity index (χ0) is 52.0. The predicted octanol–water partition coefficient (Wildman–Crippen LogP) is 2.23. The van der Waals surface area contributed by atoms with Crippen LogP contribution in [0.15, 0.2) is 109 Å². The van der Waals surface area contributed by atoms with Crippen LogP contribution in [0.2, 0.25) is 0 Å². The molecule has 0 aromatic heterocycles. The molecule has 70 heavy (non-hydrogen) atoms. The summed E-state index contributed by atoms with van der Waals surface area (Å²) in [4.78, 5) is 126. The quantitative estimate of drug-likeness (QED) is 0.0457. The van der Waals surface area contributed by atoms with Crippen molar-refractivity contribution in [3.05, 3.63) is 148 Å². The fourth-order valence-corrected chi connectivity index (χ4v) is 6.27. The van der Waals surface area contributed by atoms with Gasteiger partial charge in [0, 0.05) is 16.7 Å². The number of nitrogens with zero attached hydrogens (tertiary/aromatic N) is 1. The van der Waals surface area contributed by atoms with Crippen LogP contribution in [0.5, 0.6) is 28.7 Å². The van der Waals surface area contributed by atoms with Gasteiger partial charge >= 0.3 is 35.9 Å². The fourth-order valence-electron chi connectivity index (χ4n) is 6.27. The van der Waals surface area contributed by atoms with Crippen LogP contribution in [-0.4, -0.2) is 135 Å². The average molecular weight is 967 g/mol. The highest BCUT2D eigenvalue weighted by Crippen LogP contribution is 2.26. The Kier molecular flexibility index (Phi) is 17.1. The second kappa shape index (κ2) is 22.9. The summed E-state index contributed by atoms with van der Waals surface area (Å²) in [6.07, 6.45) is -0.965. The molecule has 0 radical (unpaired) electrons. The maximum absolute atomic E-state index is 12.2. The highest BCUT2D eigenvalue weighted by Gasteiger charge is 2.54. The van der Waals surface area contributed by atoms with Crippen LogP contribution in [-0.2, 0) is 30.4 Å². The largest absolute Gasteiger partial charge is 0.508 e. The fraction of sp³-hybridized carbons (Fsp3) is 0.109. The van der Waals surface area contributed by atoms with E-state index in [0.717, 1.165) is 11.0 Å². The number of benzene rings is 5. The number of aliphatic carboxylic acids is 2. The molecular formula is C46H38N4O20. The van der Waals surface area contributed by atoms with Gasteiger partial charge in [0.2, 0.25) is 5.91 Å². The number of hydrogen-bond donors (Lipinski definition) is 12. The van der Waals surface area contributed by atoms with Crippen molar-refractivity contribution in [2.45, 2.75) is 18.4 Å². The number of ketones is 3. The molecule has 0 bridgehead atoms. The highest BCUT2D eigenvalue weighted by molar-refractivity contribution is 6.23. The summed E-state index contributed by atoms with van der Waals surface area (Å²) in [5.41, 5.74) is -2.12. The molecule has 5 aromatic carbocycles. The number of hydrogen-bond acceptors (Lipinski definition) is 16. The van der Waals surface area contributed by atoms with Crippen LogP contribution >= 0.6 is 0 Å². The zero-order valence-electron chi connectivity index (χ0n) is 35.7. The van der Waals surface area contributed by atoms with E-state index in [1.54, 1.807) is 17.4 Å². The van der Waals surface area contributed by atoms with Crippen molar-refractivity contribution in [1.82, 2.24) is 20.9 Å². The van der Waals surface area contributed by atoms with Gasteiger partial charge in [-0.2, -0.15) is 0 Å². The Morgan fingerprint density at radius 1 is 0.557 bits per heavy atom. The standard InChI is InChI=1S/2C14H10O5.C10H10N4O7.C8H8O3/c15-9-3-1-8(2-4-9)13(17)12-7-10(16)5-6-11(12)14(18)19;15-9-4-1-3-8(7-9)13(17)12-10(14(18)19)5-2-6-11(12)16;15-4(2-14-3-5(16)11-9(14)21)10(1-6(17)18)7(19)12-8(20)13-10;9-7-3-1-6(2-4-7)5-8(10)11/h2*1-7,15-16H,(H,18,19);1-3H2,(H,17,18)(H,11,16,21)(H2,12,13,19,20);1-4,9H,5H2,(H,10,11). The molecule has 5 aromatic rings. The number of urea groups is 2. The van der Waals surface area contributed by atoms with Crippen LogP contribution in [0.3, 0.4) is 0 Å². The van der Waals surface area contributed by atoms with Gasteiger partial charge in [-0.1, -0.05) is 30.3 Å². The lowest BCUT2D eigenvalue weighted by molar-refractivity contribution is -0.146. The molecule has 2 saturated heterocycles. The maximum Gasteiger partial charge on any atom is 0.336 e. The van der Waals surface area contributed by atoms with Crippen molar-refractivity contribution < 1.29 is 98.7 Å². The lowest BCUT2D eigenvalue weighted by Crippen LogP contribution is -2.58. The lowest BCUT2D eigenvalue weighted by Gasteiger charge is -2.24. The van der Waals surface area contributed by atoms with E-state index in [1.807, 2.05) is 10.6 Å². The molecule has 2 heterocycles. The van der Waals surface area contributed by atoms with Gasteiger partial charge in [-0.05, 0) is 84.4 Å².